The van der Waals surface area contributed by atoms with E-state index >= 15 is 0 Å². The fourth-order valence-corrected chi connectivity index (χ4v) is 16.2. The van der Waals surface area contributed by atoms with Crippen LogP contribution >= 0.6 is 0 Å². The second-order valence-electron chi connectivity index (χ2n) is 26.6. The van der Waals surface area contributed by atoms with Crippen LogP contribution in [0.5, 0.6) is 0 Å². The predicted octanol–water partition coefficient (Wildman–Crippen LogP) is 27.6. The summed E-state index contributed by atoms with van der Waals surface area (Å²) in [4.78, 5) is 4.62. The van der Waals surface area contributed by atoms with E-state index in [1.54, 1.807) is 0 Å². The molecule has 0 N–H and O–H groups in total. The molecule has 0 unspecified atom stereocenters. The molecule has 0 spiro atoms. The van der Waals surface area contributed by atoms with Crippen molar-refractivity contribution < 1.29 is 30.9 Å². The van der Waals surface area contributed by atoms with Crippen molar-refractivity contribution >= 4 is 209 Å². The molecule has 0 saturated carbocycles. The summed E-state index contributed by atoms with van der Waals surface area (Å²) in [6.07, 6.45) is 0. The van der Waals surface area contributed by atoms with Gasteiger partial charge in [0.25, 0.3) is 0 Å². The van der Waals surface area contributed by atoms with E-state index in [0.717, 1.165) is 221 Å². The third-order valence-electron chi connectivity index (χ3n) is 21.0. The standard InChI is InChI=1S/C92H50N2O7/c1-5-17-65-51(11-1)25-37-79-91(65)69-35-29-61(45-85(69)97-79)93(75-19-9-15-53-39-57(23-31-63(53)75)81-41-55-13-3-7-21-77(55)95-81)59-27-33-67-71-47-89-73(49-87(71)99-83(67)43-59)74-50-88-72(48-90(74)101-89)68-34-28-60(44-84(68)100-88)94(62-30-36-70-86(46-62)98-80-38-26-52-12-2-6-18-66(52)92(70)80)76-20-10-16-54-40-58(24-32-64(54)76)82-42-56-14-4-8-22-78(56)96-82/h1-50H. The monoisotopic (exact) mass is 1290 g/mol. The van der Waals surface area contributed by atoms with Gasteiger partial charge in [0.1, 0.15) is 78.5 Å². The van der Waals surface area contributed by atoms with Gasteiger partial charge in [0.05, 0.1) is 11.4 Å². The Balaban J connectivity index is 0.642. The topological polar surface area (TPSA) is 98.5 Å². The molecule has 470 valence electrons. The Hall–Kier alpha value is -13.8. The normalized spacial score (nSPS) is 12.4. The molecule has 23 rings (SSSR count). The van der Waals surface area contributed by atoms with Crippen LogP contribution < -0.4 is 9.80 Å². The lowest BCUT2D eigenvalue weighted by atomic mass is 10.0. The Morgan fingerprint density at radius 3 is 0.931 bits per heavy atom. The van der Waals surface area contributed by atoms with Crippen molar-refractivity contribution in [3.63, 3.8) is 0 Å². The maximum atomic E-state index is 7.00. The minimum absolute atomic E-state index is 0.745. The summed E-state index contributed by atoms with van der Waals surface area (Å²) in [5.74, 6) is 1.65. The summed E-state index contributed by atoms with van der Waals surface area (Å²) >= 11 is 0. The van der Waals surface area contributed by atoms with E-state index in [4.69, 9.17) is 30.9 Å². The van der Waals surface area contributed by atoms with E-state index in [2.05, 4.69) is 277 Å². The maximum absolute atomic E-state index is 7.00. The van der Waals surface area contributed by atoms with Gasteiger partial charge in [0, 0.05) is 134 Å². The van der Waals surface area contributed by atoms with Gasteiger partial charge in [-0.2, -0.15) is 0 Å². The van der Waals surface area contributed by atoms with Crippen molar-refractivity contribution in [1.29, 1.82) is 0 Å². The molecule has 23 aromatic rings. The van der Waals surface area contributed by atoms with Crippen LogP contribution in [0.3, 0.4) is 0 Å². The molecule has 7 aromatic heterocycles. The lowest BCUT2D eigenvalue weighted by molar-refractivity contribution is 0.631. The molecule has 0 aliphatic carbocycles. The van der Waals surface area contributed by atoms with Crippen LogP contribution in [0, 0.1) is 0 Å². The summed E-state index contributed by atoms with van der Waals surface area (Å²) in [5, 5.41) is 21.2. The molecule has 0 amide bonds. The molecule has 0 atom stereocenters. The van der Waals surface area contributed by atoms with Gasteiger partial charge >= 0.3 is 0 Å². The van der Waals surface area contributed by atoms with Crippen LogP contribution in [0.2, 0.25) is 0 Å². The number of hydrogen-bond acceptors (Lipinski definition) is 9. The molecule has 0 aliphatic rings. The molecule has 0 radical (unpaired) electrons. The second-order valence-corrected chi connectivity index (χ2v) is 26.6. The molecule has 0 fully saturated rings. The van der Waals surface area contributed by atoms with Crippen molar-refractivity contribution in [3.8, 4) is 22.6 Å². The Kier molecular flexibility index (Phi) is 11.0. The SMILES string of the molecule is c1ccc2oc(-c3ccc4c(N(c5ccc6c(c5)oc5cc7c(cc56)oc5cc6c(cc57)oc5cc(N(c7ccc8c(c7)oc7ccc9ccccc9c78)c7cccc8cc(-c9cc%10ccccc%10o9)ccc78)ccc56)c5ccc6c(c5)oc5ccc7ccccc7c56)cccc4c3)cc2c1. The second kappa shape index (κ2) is 20.4. The van der Waals surface area contributed by atoms with Crippen molar-refractivity contribution in [3.05, 3.63) is 303 Å². The quantitative estimate of drug-likeness (QED) is 0.147. The number of para-hydroxylation sites is 2. The number of anilines is 6. The van der Waals surface area contributed by atoms with E-state index in [9.17, 15) is 0 Å². The zero-order chi connectivity index (χ0) is 65.7. The maximum Gasteiger partial charge on any atom is 0.137 e. The molecule has 9 heteroatoms. The van der Waals surface area contributed by atoms with Gasteiger partial charge in [-0.1, -0.05) is 146 Å². The highest BCUT2D eigenvalue weighted by Gasteiger charge is 2.25. The predicted molar refractivity (Wildman–Crippen MR) is 413 cm³/mol. The Labute approximate surface area is 572 Å². The minimum Gasteiger partial charge on any atom is -0.456 e. The van der Waals surface area contributed by atoms with E-state index in [-0.39, 0.29) is 0 Å². The number of benzene rings is 16. The summed E-state index contributed by atoms with van der Waals surface area (Å²) in [5.41, 5.74) is 17.3. The average molecular weight is 1300 g/mol. The van der Waals surface area contributed by atoms with Gasteiger partial charge in [-0.15, -0.1) is 0 Å². The lowest BCUT2D eigenvalue weighted by Crippen LogP contribution is -2.10. The van der Waals surface area contributed by atoms with Gasteiger partial charge in [0.15, 0.2) is 0 Å². The fraction of sp³-hybridized carbons (Fsp3) is 0. The van der Waals surface area contributed by atoms with Crippen LogP contribution in [0.4, 0.5) is 34.1 Å². The Morgan fingerprint density at radius 2 is 0.505 bits per heavy atom. The van der Waals surface area contributed by atoms with Crippen molar-refractivity contribution in [2.45, 2.75) is 0 Å². The molecule has 16 aromatic carbocycles. The lowest BCUT2D eigenvalue weighted by Gasteiger charge is -2.27. The van der Waals surface area contributed by atoms with Crippen LogP contribution in [-0.4, -0.2) is 0 Å². The highest BCUT2D eigenvalue weighted by Crippen LogP contribution is 2.49. The molecule has 7 heterocycles. The zero-order valence-corrected chi connectivity index (χ0v) is 53.6. The minimum atomic E-state index is 0.745. The third-order valence-corrected chi connectivity index (χ3v) is 21.0. The van der Waals surface area contributed by atoms with Crippen molar-refractivity contribution in [2.24, 2.45) is 0 Å². The van der Waals surface area contributed by atoms with Gasteiger partial charge in [-0.3, -0.25) is 0 Å². The van der Waals surface area contributed by atoms with Crippen LogP contribution in [-0.2, 0) is 0 Å². The van der Waals surface area contributed by atoms with Gasteiger partial charge in [0.2, 0.25) is 0 Å². The van der Waals surface area contributed by atoms with Crippen LogP contribution in [0.1, 0.15) is 0 Å². The Bertz CT molecular complexity index is 7000. The van der Waals surface area contributed by atoms with Crippen LogP contribution in [0.25, 0.3) is 197 Å². The zero-order valence-electron chi connectivity index (χ0n) is 53.6. The summed E-state index contributed by atoms with van der Waals surface area (Å²) in [6.45, 7) is 0. The highest BCUT2D eigenvalue weighted by molar-refractivity contribution is 6.23. The molecular formula is C92H50N2O7. The van der Waals surface area contributed by atoms with Crippen molar-refractivity contribution in [2.75, 3.05) is 9.80 Å². The molecule has 0 bridgehead atoms. The number of rotatable bonds is 8. The fourth-order valence-electron chi connectivity index (χ4n) is 16.2. The van der Waals surface area contributed by atoms with E-state index < -0.39 is 0 Å². The third kappa shape index (κ3) is 8.14. The summed E-state index contributed by atoms with van der Waals surface area (Å²) in [7, 11) is 0. The first-order valence-corrected chi connectivity index (χ1v) is 34.0. The number of furan rings is 7. The molecule has 101 heavy (non-hydrogen) atoms. The average Bonchev–Trinajstić information content (AvgIpc) is 1.59. The highest BCUT2D eigenvalue weighted by atomic mass is 16.4. The number of hydrogen-bond donors (Lipinski definition) is 0. The molecule has 0 saturated heterocycles. The van der Waals surface area contributed by atoms with Gasteiger partial charge in [-0.05, 0) is 166 Å². The number of fused-ring (bicyclic) bond motifs is 23. The first kappa shape index (κ1) is 54.4. The molecular weight excluding hydrogens is 1250 g/mol. The van der Waals surface area contributed by atoms with Gasteiger partial charge in [-0.25, -0.2) is 0 Å². The smallest absolute Gasteiger partial charge is 0.137 e. The number of nitrogens with zero attached hydrogens (tertiary/aromatic N) is 2. The first-order chi connectivity index (χ1) is 49.9. The molecule has 9 nitrogen and oxygen atoms in total. The van der Waals surface area contributed by atoms with E-state index in [1.807, 2.05) is 36.4 Å². The van der Waals surface area contributed by atoms with E-state index in [0.29, 0.717) is 0 Å². The summed E-state index contributed by atoms with van der Waals surface area (Å²) < 4.78 is 47.1. The van der Waals surface area contributed by atoms with E-state index in [1.165, 1.54) is 10.8 Å². The van der Waals surface area contributed by atoms with Crippen molar-refractivity contribution in [1.82, 2.24) is 0 Å². The summed E-state index contributed by atoms with van der Waals surface area (Å²) in [6, 6.07) is 107. The first-order valence-electron chi connectivity index (χ1n) is 34.0. The Morgan fingerprint density at radius 1 is 0.168 bits per heavy atom. The van der Waals surface area contributed by atoms with Gasteiger partial charge < -0.3 is 40.7 Å². The molecule has 0 aliphatic heterocycles. The van der Waals surface area contributed by atoms with Crippen LogP contribution in [0.15, 0.2) is 334 Å². The largest absolute Gasteiger partial charge is 0.456 e.